The molecule has 0 aliphatic carbocycles. The zero-order valence-electron chi connectivity index (χ0n) is 21.8. The van der Waals surface area contributed by atoms with Crippen LogP contribution in [0, 0.1) is 0 Å². The number of phenolic OH excluding ortho intramolecular Hbond substituents is 1. The first kappa shape index (κ1) is 27.5. The van der Waals surface area contributed by atoms with Gasteiger partial charge in [-0.2, -0.15) is 0 Å². The van der Waals surface area contributed by atoms with E-state index in [1.807, 2.05) is 0 Å². The van der Waals surface area contributed by atoms with Gasteiger partial charge in [-0.05, 0) is 71.8 Å². The monoisotopic (exact) mass is 586 g/mol. The molecule has 4 rings (SSSR count). The summed E-state index contributed by atoms with van der Waals surface area (Å²) in [5.74, 6) is -1.40. The van der Waals surface area contributed by atoms with Crippen LogP contribution in [0.15, 0.2) is 56.6 Å². The number of aliphatic hydroxyl groups is 1. The molecule has 10 heteroatoms. The number of para-hydroxylation sites is 1. The molecular weight excluding hydrogens is 556 g/mol. The minimum Gasteiger partial charge on any atom is -0.503 e. The highest BCUT2D eigenvalue weighted by Crippen LogP contribution is 2.44. The first-order valence-electron chi connectivity index (χ1n) is 12.4. The number of methoxy groups -OCH3 is 2. The van der Waals surface area contributed by atoms with Crippen molar-refractivity contribution in [2.75, 3.05) is 40.4 Å². The van der Waals surface area contributed by atoms with Gasteiger partial charge in [-0.1, -0.05) is 26.0 Å². The molecule has 2 heterocycles. The van der Waals surface area contributed by atoms with Gasteiger partial charge in [-0.3, -0.25) is 9.59 Å². The van der Waals surface area contributed by atoms with Gasteiger partial charge < -0.3 is 33.9 Å². The number of phenols is 1. The summed E-state index contributed by atoms with van der Waals surface area (Å²) < 4.78 is 16.9. The van der Waals surface area contributed by atoms with Gasteiger partial charge in [0.25, 0.3) is 5.91 Å². The molecule has 1 aromatic heterocycles. The average molecular weight is 587 g/mol. The fourth-order valence-corrected chi connectivity index (χ4v) is 5.28. The van der Waals surface area contributed by atoms with Crippen molar-refractivity contribution in [1.29, 1.82) is 0 Å². The second kappa shape index (κ2) is 11.5. The number of aromatic hydroxyl groups is 1. The third kappa shape index (κ3) is 4.98. The van der Waals surface area contributed by atoms with Crippen molar-refractivity contribution in [1.82, 2.24) is 9.80 Å². The van der Waals surface area contributed by atoms with Crippen molar-refractivity contribution in [3.8, 4) is 17.2 Å². The average Bonchev–Trinajstić information content (AvgIpc) is 3.47. The first-order valence-corrected chi connectivity index (χ1v) is 13.2. The molecule has 1 aliphatic heterocycles. The number of nitrogens with zero attached hydrogens (tertiary/aromatic N) is 2. The molecule has 1 atom stereocenters. The van der Waals surface area contributed by atoms with Gasteiger partial charge in [0.1, 0.15) is 0 Å². The van der Waals surface area contributed by atoms with Crippen LogP contribution in [-0.2, 0) is 4.79 Å². The Kier molecular flexibility index (Phi) is 8.32. The summed E-state index contributed by atoms with van der Waals surface area (Å²) in [7, 11) is 2.92. The smallest absolute Gasteiger partial charge is 0.290 e. The summed E-state index contributed by atoms with van der Waals surface area (Å²) in [6.07, 6.45) is 0.636. The van der Waals surface area contributed by atoms with Gasteiger partial charge >= 0.3 is 0 Å². The third-order valence-corrected chi connectivity index (χ3v) is 7.46. The van der Waals surface area contributed by atoms with Gasteiger partial charge in [0.15, 0.2) is 34.4 Å². The molecule has 0 bridgehead atoms. The Balaban J connectivity index is 1.79. The van der Waals surface area contributed by atoms with Crippen LogP contribution in [0.5, 0.6) is 17.2 Å². The topological polar surface area (TPSA) is 113 Å². The number of rotatable bonds is 11. The zero-order valence-corrected chi connectivity index (χ0v) is 23.4. The Hall–Kier alpha value is -3.50. The third-order valence-electron chi connectivity index (χ3n) is 6.85. The Morgan fingerprint density at radius 3 is 2.47 bits per heavy atom. The summed E-state index contributed by atoms with van der Waals surface area (Å²) in [5.41, 5.74) is 0.781. The number of benzene rings is 2. The van der Waals surface area contributed by atoms with Crippen LogP contribution in [0.3, 0.4) is 0 Å². The van der Waals surface area contributed by atoms with E-state index >= 15 is 0 Å². The molecule has 202 valence electrons. The molecule has 0 saturated carbocycles. The molecule has 0 fully saturated rings. The van der Waals surface area contributed by atoms with E-state index in [9.17, 15) is 19.8 Å². The number of hydrogen-bond acceptors (Lipinski definition) is 8. The van der Waals surface area contributed by atoms with Crippen molar-refractivity contribution >= 4 is 38.6 Å². The molecule has 2 N–H and O–H groups in total. The summed E-state index contributed by atoms with van der Waals surface area (Å²) in [4.78, 5) is 30.9. The summed E-state index contributed by atoms with van der Waals surface area (Å²) >= 11 is 3.33. The van der Waals surface area contributed by atoms with E-state index in [4.69, 9.17) is 13.9 Å². The Labute approximate surface area is 229 Å². The number of ether oxygens (including phenoxy) is 2. The normalized spacial score (nSPS) is 15.7. The summed E-state index contributed by atoms with van der Waals surface area (Å²) in [5, 5.41) is 22.0. The van der Waals surface area contributed by atoms with E-state index < -0.39 is 23.5 Å². The van der Waals surface area contributed by atoms with Gasteiger partial charge in [-0.15, -0.1) is 0 Å². The quantitative estimate of drug-likeness (QED) is 0.294. The molecule has 1 amide bonds. The lowest BCUT2D eigenvalue weighted by Crippen LogP contribution is -2.34. The molecule has 3 aromatic rings. The van der Waals surface area contributed by atoms with Crippen LogP contribution in [0.1, 0.15) is 42.4 Å². The van der Waals surface area contributed by atoms with Crippen molar-refractivity contribution in [3.63, 3.8) is 0 Å². The summed E-state index contributed by atoms with van der Waals surface area (Å²) in [6.45, 7) is 6.94. The van der Waals surface area contributed by atoms with E-state index in [0.717, 1.165) is 19.6 Å². The van der Waals surface area contributed by atoms with Crippen LogP contribution in [0.25, 0.3) is 11.0 Å². The predicted molar refractivity (Wildman–Crippen MR) is 146 cm³/mol. The van der Waals surface area contributed by atoms with E-state index in [0.29, 0.717) is 39.7 Å². The highest BCUT2D eigenvalue weighted by molar-refractivity contribution is 9.10. The largest absolute Gasteiger partial charge is 0.503 e. The number of carbonyl (C=O) groups is 2. The van der Waals surface area contributed by atoms with Crippen molar-refractivity contribution < 1.29 is 33.7 Å². The minimum absolute atomic E-state index is 0.0290. The van der Waals surface area contributed by atoms with Crippen molar-refractivity contribution in [2.45, 2.75) is 26.3 Å². The van der Waals surface area contributed by atoms with Crippen LogP contribution < -0.4 is 9.47 Å². The highest BCUT2D eigenvalue weighted by Gasteiger charge is 2.44. The fraction of sp³-hybridized carbons (Fsp3) is 0.357. The SMILES string of the molecule is CCN(CC)CCCN1C(=O)C(O)=C(C(=O)c2cc3cccc(OC)c3o2)C1c1cc(Br)c(O)c(OC)c1. The van der Waals surface area contributed by atoms with E-state index in [-0.39, 0.29) is 22.8 Å². The lowest BCUT2D eigenvalue weighted by Gasteiger charge is -2.28. The summed E-state index contributed by atoms with van der Waals surface area (Å²) in [6, 6.07) is 9.10. The van der Waals surface area contributed by atoms with Crippen LogP contribution in [-0.4, -0.2) is 72.1 Å². The second-order valence-electron chi connectivity index (χ2n) is 8.92. The van der Waals surface area contributed by atoms with E-state index in [2.05, 4.69) is 34.7 Å². The number of halogens is 1. The molecule has 9 nitrogen and oxygen atoms in total. The molecule has 0 spiro atoms. The van der Waals surface area contributed by atoms with Crippen molar-refractivity contribution in [2.24, 2.45) is 0 Å². The zero-order chi connectivity index (χ0) is 27.6. The Morgan fingerprint density at radius 2 is 1.82 bits per heavy atom. The maximum atomic E-state index is 13.9. The number of carbonyl (C=O) groups excluding carboxylic acids is 2. The molecule has 0 radical (unpaired) electrons. The molecule has 1 aliphatic rings. The highest BCUT2D eigenvalue weighted by atomic mass is 79.9. The fourth-order valence-electron chi connectivity index (χ4n) is 4.82. The van der Waals surface area contributed by atoms with Crippen LogP contribution in [0.2, 0.25) is 0 Å². The predicted octanol–water partition coefficient (Wildman–Crippen LogP) is 5.23. The number of Topliss-reactive ketones (excluding diaryl/α,β-unsaturated/α-hetero) is 1. The molecule has 0 saturated heterocycles. The second-order valence-corrected chi connectivity index (χ2v) is 9.77. The molecular formula is C28H31BrN2O7. The Morgan fingerprint density at radius 1 is 1.11 bits per heavy atom. The maximum absolute atomic E-state index is 13.9. The standard InChI is InChI=1S/C28H31BrN2O7/c1-5-30(6-2)11-8-12-31-23(17-13-18(29)24(32)20(15-17)37-4)22(26(34)28(31)35)25(33)21-14-16-9-7-10-19(36-3)27(16)38-21/h7,9-10,13-15,23,32,34H,5-6,8,11-12H2,1-4H3. The number of fused-ring (bicyclic) bond motifs is 1. The van der Waals surface area contributed by atoms with E-state index in [1.165, 1.54) is 19.1 Å². The number of ketones is 1. The molecule has 1 unspecified atom stereocenters. The van der Waals surface area contributed by atoms with Gasteiger partial charge in [-0.25, -0.2) is 0 Å². The van der Waals surface area contributed by atoms with Crippen LogP contribution in [0.4, 0.5) is 0 Å². The molecule has 2 aromatic carbocycles. The van der Waals surface area contributed by atoms with Gasteiger partial charge in [0.2, 0.25) is 5.78 Å². The van der Waals surface area contributed by atoms with E-state index in [1.54, 1.807) is 36.4 Å². The van der Waals surface area contributed by atoms with Crippen LogP contribution >= 0.6 is 15.9 Å². The molecule has 38 heavy (non-hydrogen) atoms. The minimum atomic E-state index is -0.924. The number of aliphatic hydroxyl groups excluding tert-OH is 1. The lowest BCUT2D eigenvalue weighted by atomic mass is 9.94. The van der Waals surface area contributed by atoms with Gasteiger partial charge in [0, 0.05) is 11.9 Å². The lowest BCUT2D eigenvalue weighted by molar-refractivity contribution is -0.129. The van der Waals surface area contributed by atoms with Crippen molar-refractivity contribution in [3.05, 3.63) is 63.5 Å². The Bertz CT molecular complexity index is 1390. The first-order chi connectivity index (χ1) is 18.2. The van der Waals surface area contributed by atoms with Gasteiger partial charge in [0.05, 0.1) is 30.3 Å². The number of amides is 1. The maximum Gasteiger partial charge on any atom is 0.290 e. The number of hydrogen-bond donors (Lipinski definition) is 2. The number of furan rings is 1.